The molecule has 33 heavy (non-hydrogen) atoms. The van der Waals surface area contributed by atoms with Gasteiger partial charge in [-0.3, -0.25) is 0 Å². The molecule has 0 spiro atoms. The monoisotopic (exact) mass is 450 g/mol. The zero-order chi connectivity index (χ0) is 23.2. The van der Waals surface area contributed by atoms with Crippen molar-refractivity contribution in [3.05, 3.63) is 36.8 Å². The topological polar surface area (TPSA) is 85.1 Å². The lowest BCUT2D eigenvalue weighted by Crippen LogP contribution is -2.55. The standard InChI is InChI=1S/C24H30N6O3/c1-16-15-28(12-13-29(16)23(31)33-24(2,3)4)20-9-11-30-21(27-20)19(14-26-30)18-6-5-10-25-22(18)32-17-7-8-17/h5-6,9-11,14,16-17H,7-8,12-13,15H2,1-4H3/t16-/m0/s1. The van der Waals surface area contributed by atoms with E-state index in [1.807, 2.05) is 58.3 Å². The van der Waals surface area contributed by atoms with Gasteiger partial charge in [-0.2, -0.15) is 5.10 Å². The van der Waals surface area contributed by atoms with Crippen LogP contribution >= 0.6 is 0 Å². The van der Waals surface area contributed by atoms with Gasteiger partial charge < -0.3 is 19.3 Å². The Labute approximate surface area is 193 Å². The van der Waals surface area contributed by atoms with E-state index in [2.05, 4.69) is 15.0 Å². The maximum Gasteiger partial charge on any atom is 0.410 e. The Kier molecular flexibility index (Phi) is 5.34. The smallest absolute Gasteiger partial charge is 0.410 e. The van der Waals surface area contributed by atoms with Gasteiger partial charge in [0.15, 0.2) is 5.65 Å². The zero-order valence-electron chi connectivity index (χ0n) is 19.6. The number of ether oxygens (including phenoxy) is 2. The molecule has 9 heteroatoms. The molecule has 0 N–H and O–H groups in total. The van der Waals surface area contributed by atoms with Crippen LogP contribution in [-0.4, -0.2) is 68.0 Å². The summed E-state index contributed by atoms with van der Waals surface area (Å²) in [6, 6.07) is 5.87. The second-order valence-corrected chi connectivity index (χ2v) is 9.75. The van der Waals surface area contributed by atoms with E-state index in [1.165, 1.54) is 0 Å². The molecule has 4 heterocycles. The van der Waals surface area contributed by atoms with Crippen molar-refractivity contribution in [1.29, 1.82) is 0 Å². The van der Waals surface area contributed by atoms with Gasteiger partial charge in [-0.05, 0) is 58.7 Å². The van der Waals surface area contributed by atoms with Crippen molar-refractivity contribution < 1.29 is 14.3 Å². The first-order valence-corrected chi connectivity index (χ1v) is 11.5. The van der Waals surface area contributed by atoms with Crippen molar-refractivity contribution >= 4 is 17.6 Å². The highest BCUT2D eigenvalue weighted by Crippen LogP contribution is 2.35. The molecule has 174 valence electrons. The van der Waals surface area contributed by atoms with Crippen LogP contribution < -0.4 is 9.64 Å². The number of carbonyl (C=O) groups excluding carboxylic acids is 1. The molecular weight excluding hydrogens is 420 g/mol. The zero-order valence-corrected chi connectivity index (χ0v) is 19.6. The van der Waals surface area contributed by atoms with Gasteiger partial charge in [0.25, 0.3) is 0 Å². The van der Waals surface area contributed by atoms with Gasteiger partial charge in [0.05, 0.1) is 11.8 Å². The molecule has 1 aliphatic carbocycles. The lowest BCUT2D eigenvalue weighted by molar-refractivity contribution is 0.0158. The van der Waals surface area contributed by atoms with Gasteiger partial charge in [-0.25, -0.2) is 19.3 Å². The van der Waals surface area contributed by atoms with Crippen LogP contribution in [-0.2, 0) is 4.74 Å². The van der Waals surface area contributed by atoms with Gasteiger partial charge >= 0.3 is 6.09 Å². The van der Waals surface area contributed by atoms with Gasteiger partial charge in [-0.15, -0.1) is 0 Å². The van der Waals surface area contributed by atoms with Crippen molar-refractivity contribution in [3.63, 3.8) is 0 Å². The summed E-state index contributed by atoms with van der Waals surface area (Å²) in [5, 5.41) is 4.48. The maximum absolute atomic E-state index is 12.6. The Morgan fingerprint density at radius 3 is 2.70 bits per heavy atom. The minimum atomic E-state index is -0.507. The lowest BCUT2D eigenvalue weighted by Gasteiger charge is -2.40. The van der Waals surface area contributed by atoms with Crippen LogP contribution in [0.5, 0.6) is 5.88 Å². The van der Waals surface area contributed by atoms with Crippen LogP contribution in [0.25, 0.3) is 16.8 Å². The van der Waals surface area contributed by atoms with Crippen molar-refractivity contribution in [2.75, 3.05) is 24.5 Å². The average Bonchev–Trinajstić information content (AvgIpc) is 3.48. The van der Waals surface area contributed by atoms with Crippen molar-refractivity contribution in [3.8, 4) is 17.0 Å². The van der Waals surface area contributed by atoms with E-state index in [0.29, 0.717) is 25.5 Å². The van der Waals surface area contributed by atoms with Crippen LogP contribution in [0.4, 0.5) is 10.6 Å². The van der Waals surface area contributed by atoms with Crippen molar-refractivity contribution in [2.45, 2.75) is 58.3 Å². The molecule has 2 aliphatic rings. The highest BCUT2D eigenvalue weighted by atomic mass is 16.6. The highest BCUT2D eigenvalue weighted by molar-refractivity contribution is 5.80. The van der Waals surface area contributed by atoms with Gasteiger partial charge in [0, 0.05) is 43.6 Å². The fraction of sp³-hybridized carbons (Fsp3) is 0.500. The van der Waals surface area contributed by atoms with Gasteiger partial charge in [-0.1, -0.05) is 0 Å². The molecule has 1 atom stereocenters. The number of fused-ring (bicyclic) bond motifs is 1. The lowest BCUT2D eigenvalue weighted by atomic mass is 10.1. The Hall–Kier alpha value is -3.36. The number of rotatable bonds is 4. The summed E-state index contributed by atoms with van der Waals surface area (Å²) in [4.78, 5) is 25.9. The summed E-state index contributed by atoms with van der Waals surface area (Å²) in [5.74, 6) is 1.48. The number of aromatic nitrogens is 4. The van der Waals surface area contributed by atoms with Crippen LogP contribution in [0.1, 0.15) is 40.5 Å². The summed E-state index contributed by atoms with van der Waals surface area (Å²) < 4.78 is 13.4. The van der Waals surface area contributed by atoms with E-state index in [4.69, 9.17) is 14.5 Å². The summed E-state index contributed by atoms with van der Waals surface area (Å²) in [7, 11) is 0. The fourth-order valence-electron chi connectivity index (χ4n) is 4.02. The molecular formula is C24H30N6O3. The van der Waals surface area contributed by atoms with E-state index < -0.39 is 5.60 Å². The summed E-state index contributed by atoms with van der Waals surface area (Å²) >= 11 is 0. The van der Waals surface area contributed by atoms with Gasteiger partial charge in [0.1, 0.15) is 17.5 Å². The third kappa shape index (κ3) is 4.58. The molecule has 3 aromatic rings. The Bertz CT molecular complexity index is 1170. The number of nitrogens with zero attached hydrogens (tertiary/aromatic N) is 6. The minimum Gasteiger partial charge on any atom is -0.474 e. The van der Waals surface area contributed by atoms with Crippen molar-refractivity contribution in [2.24, 2.45) is 0 Å². The third-order valence-corrected chi connectivity index (χ3v) is 5.80. The van der Waals surface area contributed by atoms with E-state index in [0.717, 1.165) is 35.4 Å². The fourth-order valence-corrected chi connectivity index (χ4v) is 4.02. The first kappa shape index (κ1) is 21.5. The molecule has 0 bridgehead atoms. The van der Waals surface area contributed by atoms with Crippen LogP contribution in [0.2, 0.25) is 0 Å². The van der Waals surface area contributed by atoms with Crippen molar-refractivity contribution in [1.82, 2.24) is 24.5 Å². The third-order valence-electron chi connectivity index (χ3n) is 5.80. The summed E-state index contributed by atoms with van der Waals surface area (Å²) in [6.45, 7) is 9.63. The molecule has 1 amide bonds. The van der Waals surface area contributed by atoms with E-state index >= 15 is 0 Å². The number of hydrogen-bond donors (Lipinski definition) is 0. The molecule has 2 fully saturated rings. The molecule has 3 aromatic heterocycles. The predicted octanol–water partition coefficient (Wildman–Crippen LogP) is 3.78. The summed E-state index contributed by atoms with van der Waals surface area (Å²) in [6.07, 6.45) is 7.61. The Balaban J connectivity index is 1.38. The number of hydrogen-bond acceptors (Lipinski definition) is 7. The molecule has 0 aromatic carbocycles. The van der Waals surface area contributed by atoms with E-state index in [1.54, 1.807) is 15.6 Å². The number of amides is 1. The number of pyridine rings is 1. The first-order chi connectivity index (χ1) is 15.8. The number of carbonyl (C=O) groups is 1. The van der Waals surface area contributed by atoms with E-state index in [-0.39, 0.29) is 18.2 Å². The van der Waals surface area contributed by atoms with Crippen LogP contribution in [0, 0.1) is 0 Å². The Morgan fingerprint density at radius 1 is 1.15 bits per heavy atom. The molecule has 0 radical (unpaired) electrons. The summed E-state index contributed by atoms with van der Waals surface area (Å²) in [5.41, 5.74) is 2.03. The maximum atomic E-state index is 12.6. The van der Waals surface area contributed by atoms with Crippen LogP contribution in [0.3, 0.4) is 0 Å². The minimum absolute atomic E-state index is 0.00729. The molecule has 9 nitrogen and oxygen atoms in total. The molecule has 0 unspecified atom stereocenters. The first-order valence-electron chi connectivity index (χ1n) is 11.5. The SMILES string of the molecule is C[C@H]1CN(c2ccn3ncc(-c4cccnc4OC4CC4)c3n2)CCN1C(=O)OC(C)(C)C. The number of piperazine rings is 1. The molecule has 1 saturated heterocycles. The normalized spacial score (nSPS) is 19.1. The Morgan fingerprint density at radius 2 is 1.97 bits per heavy atom. The highest BCUT2D eigenvalue weighted by Gasteiger charge is 2.31. The predicted molar refractivity (Wildman–Crippen MR) is 124 cm³/mol. The quantitative estimate of drug-likeness (QED) is 0.598. The largest absolute Gasteiger partial charge is 0.474 e. The number of anilines is 1. The molecule has 5 rings (SSSR count). The van der Waals surface area contributed by atoms with Gasteiger partial charge in [0.2, 0.25) is 5.88 Å². The van der Waals surface area contributed by atoms with Crippen LogP contribution in [0.15, 0.2) is 36.8 Å². The second kappa shape index (κ2) is 8.20. The van der Waals surface area contributed by atoms with E-state index in [9.17, 15) is 4.79 Å². The molecule has 1 aliphatic heterocycles. The molecule has 1 saturated carbocycles. The average molecular weight is 451 g/mol. The second-order valence-electron chi connectivity index (χ2n) is 9.75.